The number of carbonyl (C=O) groups excluding carboxylic acids is 4. The quantitative estimate of drug-likeness (QED) is 0.0222. The summed E-state index contributed by atoms with van der Waals surface area (Å²) >= 11 is 0. The number of unbranched alkanes of at least 4 members (excludes halogenated alkanes) is 49. The molecule has 0 heterocycles. The second kappa shape index (κ2) is 72.6. The molecule has 0 aromatic rings. The van der Waals surface area contributed by atoms with Gasteiger partial charge in [-0.05, 0) is 37.5 Å². The molecule has 0 rings (SSSR count). The van der Waals surface area contributed by atoms with Crippen LogP contribution in [0.3, 0.4) is 0 Å². The molecule has 100 heavy (non-hydrogen) atoms. The van der Waals surface area contributed by atoms with E-state index in [-0.39, 0.29) is 25.7 Å². The maximum atomic E-state index is 13.1. The monoisotopic (exact) mass is 1470 g/mol. The van der Waals surface area contributed by atoms with E-state index in [1.54, 1.807) is 0 Å². The molecule has 19 heteroatoms. The third-order valence-electron chi connectivity index (χ3n) is 19.3. The second-order valence-electron chi connectivity index (χ2n) is 29.9. The lowest BCUT2D eigenvalue weighted by Gasteiger charge is -2.21. The van der Waals surface area contributed by atoms with Gasteiger partial charge in [0.1, 0.15) is 19.3 Å². The fourth-order valence-corrected chi connectivity index (χ4v) is 14.1. The van der Waals surface area contributed by atoms with Gasteiger partial charge in [-0.15, -0.1) is 0 Å². The van der Waals surface area contributed by atoms with Crippen molar-refractivity contribution in [1.29, 1.82) is 0 Å². The van der Waals surface area contributed by atoms with Crippen molar-refractivity contribution in [2.45, 2.75) is 445 Å². The zero-order valence-electron chi connectivity index (χ0n) is 65.5. The third-order valence-corrected chi connectivity index (χ3v) is 21.2. The molecule has 0 radical (unpaired) electrons. The fourth-order valence-electron chi connectivity index (χ4n) is 12.5. The predicted molar refractivity (Wildman–Crippen MR) is 409 cm³/mol. The minimum atomic E-state index is -4.96. The Balaban J connectivity index is 5.25. The predicted octanol–water partition coefficient (Wildman–Crippen LogP) is 24.3. The molecule has 3 N–H and O–H groups in total. The summed E-state index contributed by atoms with van der Waals surface area (Å²) in [5.41, 5.74) is 0. The summed E-state index contributed by atoms with van der Waals surface area (Å²) in [6.45, 7) is 9.66. The first-order chi connectivity index (χ1) is 48.4. The summed E-state index contributed by atoms with van der Waals surface area (Å²) in [4.78, 5) is 73.0. The van der Waals surface area contributed by atoms with Crippen LogP contribution in [0.2, 0.25) is 0 Å². The van der Waals surface area contributed by atoms with Gasteiger partial charge in [0, 0.05) is 25.7 Å². The molecule has 0 saturated carbocycles. The average molecular weight is 1470 g/mol. The van der Waals surface area contributed by atoms with Crippen molar-refractivity contribution >= 4 is 39.5 Å². The first kappa shape index (κ1) is 98.1. The Morgan fingerprint density at radius 3 is 0.760 bits per heavy atom. The fraction of sp³-hybridized carbons (Fsp3) is 0.951. The average Bonchev–Trinajstić information content (AvgIpc) is 0.922. The van der Waals surface area contributed by atoms with Crippen LogP contribution in [0.1, 0.15) is 427 Å². The van der Waals surface area contributed by atoms with E-state index in [1.165, 1.54) is 244 Å². The van der Waals surface area contributed by atoms with E-state index >= 15 is 0 Å². The first-order valence-electron chi connectivity index (χ1n) is 42.0. The number of rotatable bonds is 80. The highest BCUT2D eigenvalue weighted by atomic mass is 31.2. The SMILES string of the molecule is CCCCCCCCCCCCCCCCCCCCCCC(=O)O[C@H](COC(=O)CCCCCCCCCCCCCC(C)C)COP(=O)(O)OC[C@@H](O)COP(=O)(O)OC[C@@H](COC(=O)CCCCCCCCCCCCCC)OC(=O)CCCCCCCCCCCCC(C)CC. The van der Waals surface area contributed by atoms with Crippen LogP contribution in [0.4, 0.5) is 0 Å². The van der Waals surface area contributed by atoms with Crippen molar-refractivity contribution in [1.82, 2.24) is 0 Å². The van der Waals surface area contributed by atoms with Gasteiger partial charge in [-0.3, -0.25) is 37.3 Å². The summed E-state index contributed by atoms with van der Waals surface area (Å²) < 4.78 is 68.7. The summed E-state index contributed by atoms with van der Waals surface area (Å²) in [5, 5.41) is 10.6. The zero-order valence-corrected chi connectivity index (χ0v) is 67.3. The normalized spacial score (nSPS) is 14.2. The largest absolute Gasteiger partial charge is 0.472 e. The van der Waals surface area contributed by atoms with Crippen molar-refractivity contribution < 1.29 is 80.2 Å². The molecular weight excluding hydrogens is 1310 g/mol. The molecule has 0 aliphatic carbocycles. The van der Waals surface area contributed by atoms with E-state index in [9.17, 15) is 43.2 Å². The van der Waals surface area contributed by atoms with E-state index in [0.717, 1.165) is 102 Å². The maximum absolute atomic E-state index is 13.1. The molecule has 0 fully saturated rings. The summed E-state index contributed by atoms with van der Waals surface area (Å²) in [7, 11) is -9.92. The number of esters is 4. The molecule has 0 aliphatic heterocycles. The summed E-state index contributed by atoms with van der Waals surface area (Å²) in [6, 6.07) is 0. The van der Waals surface area contributed by atoms with Crippen LogP contribution in [-0.2, 0) is 65.4 Å². The smallest absolute Gasteiger partial charge is 0.462 e. The van der Waals surface area contributed by atoms with Crippen molar-refractivity contribution in [3.05, 3.63) is 0 Å². The Morgan fingerprint density at radius 1 is 0.290 bits per heavy atom. The van der Waals surface area contributed by atoms with Gasteiger partial charge >= 0.3 is 39.5 Å². The van der Waals surface area contributed by atoms with E-state index < -0.39 is 97.5 Å². The van der Waals surface area contributed by atoms with Crippen molar-refractivity contribution in [3.8, 4) is 0 Å². The van der Waals surface area contributed by atoms with Crippen LogP contribution < -0.4 is 0 Å². The van der Waals surface area contributed by atoms with Crippen molar-refractivity contribution in [3.63, 3.8) is 0 Å². The van der Waals surface area contributed by atoms with Crippen LogP contribution in [0.25, 0.3) is 0 Å². The molecule has 0 spiro atoms. The van der Waals surface area contributed by atoms with Gasteiger partial charge in [0.2, 0.25) is 0 Å². The lowest BCUT2D eigenvalue weighted by atomic mass is 9.99. The molecule has 0 saturated heterocycles. The highest BCUT2D eigenvalue weighted by molar-refractivity contribution is 7.47. The maximum Gasteiger partial charge on any atom is 0.472 e. The van der Waals surface area contributed by atoms with Gasteiger partial charge in [0.15, 0.2) is 12.2 Å². The van der Waals surface area contributed by atoms with Gasteiger partial charge in [-0.2, -0.15) is 0 Å². The van der Waals surface area contributed by atoms with Gasteiger partial charge in [0.25, 0.3) is 0 Å². The van der Waals surface area contributed by atoms with Crippen LogP contribution in [0.15, 0.2) is 0 Å². The van der Waals surface area contributed by atoms with E-state index in [0.29, 0.717) is 25.7 Å². The minimum absolute atomic E-state index is 0.107. The van der Waals surface area contributed by atoms with Crippen LogP contribution in [0.5, 0.6) is 0 Å². The van der Waals surface area contributed by atoms with E-state index in [2.05, 4.69) is 41.5 Å². The lowest BCUT2D eigenvalue weighted by molar-refractivity contribution is -0.161. The molecule has 3 unspecified atom stereocenters. The molecule has 17 nitrogen and oxygen atoms in total. The Morgan fingerprint density at radius 2 is 0.510 bits per heavy atom. The van der Waals surface area contributed by atoms with Gasteiger partial charge in [0.05, 0.1) is 26.4 Å². The number of hydrogen-bond acceptors (Lipinski definition) is 15. The Kier molecular flexibility index (Phi) is 71.2. The third kappa shape index (κ3) is 73.0. The Labute approximate surface area is 613 Å². The van der Waals surface area contributed by atoms with Gasteiger partial charge < -0.3 is 33.8 Å². The number of ether oxygens (including phenoxy) is 4. The summed E-state index contributed by atoms with van der Waals surface area (Å²) in [5.74, 6) is -0.534. The van der Waals surface area contributed by atoms with Crippen molar-refractivity contribution in [2.24, 2.45) is 11.8 Å². The van der Waals surface area contributed by atoms with E-state index in [1.807, 2.05) is 0 Å². The number of hydrogen-bond donors (Lipinski definition) is 3. The first-order valence-corrected chi connectivity index (χ1v) is 45.0. The van der Waals surface area contributed by atoms with E-state index in [4.69, 9.17) is 37.0 Å². The Bertz CT molecular complexity index is 1930. The molecule has 0 bridgehead atoms. The van der Waals surface area contributed by atoms with Gasteiger partial charge in [-0.25, -0.2) is 9.13 Å². The van der Waals surface area contributed by atoms with Crippen molar-refractivity contribution in [2.75, 3.05) is 39.6 Å². The molecule has 6 atom stereocenters. The minimum Gasteiger partial charge on any atom is -0.462 e. The van der Waals surface area contributed by atoms with Crippen LogP contribution in [0, 0.1) is 11.8 Å². The number of phosphoric ester groups is 2. The Hall–Kier alpha value is -1.94. The molecule has 0 aliphatic rings. The highest BCUT2D eigenvalue weighted by Gasteiger charge is 2.30. The highest BCUT2D eigenvalue weighted by Crippen LogP contribution is 2.45. The standard InChI is InChI=1S/C81H158O17P2/c1-7-10-12-14-16-18-20-22-23-24-25-26-27-28-29-33-41-47-53-59-65-80(85)97-76(69-92-79(84)64-58-52-46-40-34-30-31-37-43-49-55-61-73(4)5)71-95-99(87,88)93-67-75(82)68-94-100(89,90)96-72-77(70-91-78(83)63-57-51-45-39-32-21-19-17-15-13-11-8-2)98-81(86)66-60-54-48-42-36-35-38-44-50-56-62-74(6)9-3/h73-77,82H,7-72H2,1-6H3,(H,87,88)(H,89,90)/t74?,75-,76-,77-/m1/s1. The molecule has 0 aromatic carbocycles. The van der Waals surface area contributed by atoms with Crippen LogP contribution in [-0.4, -0.2) is 96.7 Å². The summed E-state index contributed by atoms with van der Waals surface area (Å²) in [6.07, 6.45) is 62.3. The lowest BCUT2D eigenvalue weighted by Crippen LogP contribution is -2.30. The molecule has 594 valence electrons. The number of carbonyl (C=O) groups is 4. The molecule has 0 amide bonds. The zero-order chi connectivity index (χ0) is 73.5. The molecular formula is C81H158O17P2. The number of phosphoric acid groups is 2. The molecule has 0 aromatic heterocycles. The van der Waals surface area contributed by atoms with Crippen LogP contribution >= 0.6 is 15.6 Å². The number of aliphatic hydroxyl groups is 1. The number of aliphatic hydroxyl groups excluding tert-OH is 1. The van der Waals surface area contributed by atoms with Gasteiger partial charge in [-0.1, -0.05) is 375 Å². The topological polar surface area (TPSA) is 237 Å². The second-order valence-corrected chi connectivity index (χ2v) is 32.8.